The molecule has 2 aromatic heterocycles. The first-order valence-electron chi connectivity index (χ1n) is 9.48. The van der Waals surface area contributed by atoms with Gasteiger partial charge < -0.3 is 10.4 Å². The lowest BCUT2D eigenvalue weighted by molar-refractivity contribution is -0.192. The molecule has 0 radical (unpaired) electrons. The molecule has 0 spiro atoms. The molecule has 180 valence electrons. The molecule has 1 amide bonds. The second-order valence-corrected chi connectivity index (χ2v) is 9.10. The SMILES string of the molecule is Cc1ccncc1NC(=O)c1ncn2c1CN(C)S(=O)(=O)c1ccccc1-2.O=C(O)C(F)(F)F. The molecule has 0 saturated heterocycles. The third-order valence-electron chi connectivity index (χ3n) is 4.80. The fraction of sp³-hybridized carbons (Fsp3) is 0.200. The van der Waals surface area contributed by atoms with E-state index in [1.54, 1.807) is 47.3 Å². The number of amides is 1. The van der Waals surface area contributed by atoms with E-state index in [9.17, 15) is 26.4 Å². The second-order valence-electron chi connectivity index (χ2n) is 7.09. The van der Waals surface area contributed by atoms with Gasteiger partial charge >= 0.3 is 12.1 Å². The Morgan fingerprint density at radius 1 is 1.18 bits per heavy atom. The largest absolute Gasteiger partial charge is 0.490 e. The highest BCUT2D eigenvalue weighted by Crippen LogP contribution is 2.30. The number of aliphatic carboxylic acids is 1. The summed E-state index contributed by atoms with van der Waals surface area (Å²) in [5.74, 6) is -3.17. The fourth-order valence-electron chi connectivity index (χ4n) is 3.04. The number of imidazole rings is 1. The van der Waals surface area contributed by atoms with E-state index < -0.39 is 28.1 Å². The Balaban J connectivity index is 0.000000406. The number of nitrogens with zero attached hydrogens (tertiary/aromatic N) is 4. The van der Waals surface area contributed by atoms with Crippen LogP contribution in [0.5, 0.6) is 0 Å². The fourth-order valence-corrected chi connectivity index (χ4v) is 4.35. The first-order valence-corrected chi connectivity index (χ1v) is 10.9. The maximum atomic E-state index is 12.8. The summed E-state index contributed by atoms with van der Waals surface area (Å²) in [5, 5.41) is 9.92. The number of halogens is 3. The van der Waals surface area contributed by atoms with Crippen molar-refractivity contribution in [2.75, 3.05) is 12.4 Å². The van der Waals surface area contributed by atoms with E-state index in [0.717, 1.165) is 5.56 Å². The number of benzene rings is 1. The number of pyridine rings is 1. The van der Waals surface area contributed by atoms with Gasteiger partial charge in [0.2, 0.25) is 10.0 Å². The van der Waals surface area contributed by atoms with Crippen molar-refractivity contribution in [2.24, 2.45) is 0 Å². The summed E-state index contributed by atoms with van der Waals surface area (Å²) in [5.41, 5.74) is 2.61. The highest BCUT2D eigenvalue weighted by molar-refractivity contribution is 7.89. The van der Waals surface area contributed by atoms with Crippen LogP contribution in [0.4, 0.5) is 18.9 Å². The number of hydrogen-bond donors (Lipinski definition) is 2. The van der Waals surface area contributed by atoms with E-state index in [-0.39, 0.29) is 17.1 Å². The summed E-state index contributed by atoms with van der Waals surface area (Å²) >= 11 is 0. The average Bonchev–Trinajstić information content (AvgIpc) is 3.15. The highest BCUT2D eigenvalue weighted by Gasteiger charge is 2.38. The molecule has 34 heavy (non-hydrogen) atoms. The first-order chi connectivity index (χ1) is 15.8. The topological polar surface area (TPSA) is 134 Å². The Bertz CT molecular complexity index is 1350. The van der Waals surface area contributed by atoms with Gasteiger partial charge in [0, 0.05) is 13.2 Å². The van der Waals surface area contributed by atoms with Gasteiger partial charge in [-0.15, -0.1) is 0 Å². The number of hydrogen-bond acceptors (Lipinski definition) is 6. The van der Waals surface area contributed by atoms with E-state index in [4.69, 9.17) is 9.90 Å². The minimum atomic E-state index is -5.08. The zero-order chi connectivity index (χ0) is 25.3. The van der Waals surface area contributed by atoms with Gasteiger partial charge in [-0.1, -0.05) is 12.1 Å². The molecule has 10 nitrogen and oxygen atoms in total. The molecule has 0 bridgehead atoms. The molecule has 0 atom stereocenters. The van der Waals surface area contributed by atoms with Gasteiger partial charge in [-0.2, -0.15) is 17.5 Å². The van der Waals surface area contributed by atoms with Crippen molar-refractivity contribution in [2.45, 2.75) is 24.5 Å². The second kappa shape index (κ2) is 9.23. The number of sulfonamides is 1. The van der Waals surface area contributed by atoms with Crippen molar-refractivity contribution in [1.29, 1.82) is 0 Å². The molecule has 0 saturated carbocycles. The summed E-state index contributed by atoms with van der Waals surface area (Å²) in [4.78, 5) is 30.2. The minimum Gasteiger partial charge on any atom is -0.475 e. The minimum absolute atomic E-state index is 0.0335. The van der Waals surface area contributed by atoms with E-state index in [1.165, 1.54) is 17.7 Å². The maximum absolute atomic E-state index is 12.8. The first kappa shape index (κ1) is 24.9. The highest BCUT2D eigenvalue weighted by atomic mass is 32.2. The number of carboxylic acids is 1. The number of carbonyl (C=O) groups excluding carboxylic acids is 1. The summed E-state index contributed by atoms with van der Waals surface area (Å²) in [6.45, 7) is 1.90. The number of anilines is 1. The molecule has 0 aliphatic carbocycles. The normalized spacial score (nSPS) is 14.6. The number of carbonyl (C=O) groups is 2. The van der Waals surface area contributed by atoms with Gasteiger partial charge in [-0.3, -0.25) is 14.3 Å². The third-order valence-corrected chi connectivity index (χ3v) is 6.65. The summed E-state index contributed by atoms with van der Waals surface area (Å²) in [6.07, 6.45) is -0.397. The average molecular weight is 497 g/mol. The number of aryl methyl sites for hydroxylation is 1. The molecule has 3 heterocycles. The molecule has 3 aromatic rings. The van der Waals surface area contributed by atoms with Crippen LogP contribution < -0.4 is 5.32 Å². The number of fused-ring (bicyclic) bond motifs is 3. The predicted molar refractivity (Wildman–Crippen MR) is 113 cm³/mol. The molecule has 4 rings (SSSR count). The van der Waals surface area contributed by atoms with Crippen LogP contribution in [0.1, 0.15) is 21.7 Å². The van der Waals surface area contributed by atoms with Gasteiger partial charge in [-0.25, -0.2) is 18.2 Å². The van der Waals surface area contributed by atoms with Crippen LogP contribution in [0.2, 0.25) is 0 Å². The van der Waals surface area contributed by atoms with E-state index in [0.29, 0.717) is 17.1 Å². The quantitative estimate of drug-likeness (QED) is 0.556. The van der Waals surface area contributed by atoms with Crippen LogP contribution in [0.25, 0.3) is 5.69 Å². The maximum Gasteiger partial charge on any atom is 0.490 e. The number of nitrogens with one attached hydrogen (secondary N) is 1. The van der Waals surface area contributed by atoms with Crippen LogP contribution >= 0.6 is 0 Å². The Morgan fingerprint density at radius 3 is 2.44 bits per heavy atom. The van der Waals surface area contributed by atoms with Crippen molar-refractivity contribution in [1.82, 2.24) is 18.8 Å². The van der Waals surface area contributed by atoms with E-state index >= 15 is 0 Å². The van der Waals surface area contributed by atoms with Crippen LogP contribution in [-0.4, -0.2) is 57.5 Å². The Kier molecular flexibility index (Phi) is 6.74. The lowest BCUT2D eigenvalue weighted by Crippen LogP contribution is -2.26. The predicted octanol–water partition coefficient (Wildman–Crippen LogP) is 2.60. The molecule has 0 fully saturated rings. The number of rotatable bonds is 2. The van der Waals surface area contributed by atoms with Gasteiger partial charge in [0.05, 0.1) is 29.8 Å². The van der Waals surface area contributed by atoms with Crippen molar-refractivity contribution in [3.05, 3.63) is 66.0 Å². The summed E-state index contributed by atoms with van der Waals surface area (Å²) < 4.78 is 60.2. The van der Waals surface area contributed by atoms with Crippen molar-refractivity contribution < 1.29 is 36.3 Å². The smallest absolute Gasteiger partial charge is 0.475 e. The Labute approximate surface area is 191 Å². The van der Waals surface area contributed by atoms with E-state index in [1.807, 2.05) is 6.92 Å². The van der Waals surface area contributed by atoms with Crippen molar-refractivity contribution in [3.63, 3.8) is 0 Å². The number of para-hydroxylation sites is 1. The molecule has 1 aliphatic rings. The number of carboxylic acid groups (broad SMARTS) is 1. The Hall–Kier alpha value is -3.78. The molecule has 1 aliphatic heterocycles. The van der Waals surface area contributed by atoms with Gasteiger partial charge in [-0.05, 0) is 30.7 Å². The van der Waals surface area contributed by atoms with Crippen LogP contribution in [0.3, 0.4) is 0 Å². The van der Waals surface area contributed by atoms with Crippen LogP contribution in [0.15, 0.2) is 53.9 Å². The third kappa shape index (κ3) is 4.92. The molecule has 0 unspecified atom stereocenters. The number of alkyl halides is 3. The molecule has 2 N–H and O–H groups in total. The van der Waals surface area contributed by atoms with Crippen LogP contribution in [0, 0.1) is 6.92 Å². The monoisotopic (exact) mass is 497 g/mol. The lowest BCUT2D eigenvalue weighted by atomic mass is 10.2. The van der Waals surface area contributed by atoms with Crippen molar-refractivity contribution >= 4 is 27.6 Å². The van der Waals surface area contributed by atoms with Crippen LogP contribution in [-0.2, 0) is 21.4 Å². The Morgan fingerprint density at radius 2 is 1.82 bits per heavy atom. The molecule has 14 heteroatoms. The molecular weight excluding hydrogens is 479 g/mol. The zero-order valence-corrected chi connectivity index (χ0v) is 18.6. The summed E-state index contributed by atoms with van der Waals surface area (Å²) in [6, 6.07) is 8.46. The zero-order valence-electron chi connectivity index (χ0n) is 17.7. The molecular formula is C20H18F3N5O5S. The van der Waals surface area contributed by atoms with Crippen molar-refractivity contribution in [3.8, 4) is 5.69 Å². The van der Waals surface area contributed by atoms with Gasteiger partial charge in [0.1, 0.15) is 11.2 Å². The van der Waals surface area contributed by atoms with Gasteiger partial charge in [0.25, 0.3) is 5.91 Å². The number of aromatic nitrogens is 3. The van der Waals surface area contributed by atoms with Gasteiger partial charge in [0.15, 0.2) is 5.69 Å². The molecule has 1 aromatic carbocycles. The lowest BCUT2D eigenvalue weighted by Gasteiger charge is -2.14. The van der Waals surface area contributed by atoms with E-state index in [2.05, 4.69) is 15.3 Å². The standard InChI is InChI=1S/C18H17N5O3S.C2HF3O2/c1-12-7-8-19-9-13(12)21-18(24)17-15-10-22(2)27(25,26)16-6-4-3-5-14(16)23(15)11-20-17;3-2(4,5)1(6)7/h3-9,11H,10H2,1-2H3,(H,21,24);(H,6,7). The summed E-state index contributed by atoms with van der Waals surface area (Å²) in [7, 11) is -2.17.